The number of hydrogen-bond acceptors (Lipinski definition) is 0. The summed E-state index contributed by atoms with van der Waals surface area (Å²) in [4.78, 5) is 0. The van der Waals surface area contributed by atoms with Crippen LogP contribution in [0.15, 0.2) is 164 Å². The van der Waals surface area contributed by atoms with E-state index in [9.17, 15) is 0 Å². The molecular formula is C49H33N. The van der Waals surface area contributed by atoms with E-state index < -0.39 is 0 Å². The van der Waals surface area contributed by atoms with Crippen molar-refractivity contribution in [2.75, 3.05) is 0 Å². The Hall–Kier alpha value is -6.18. The second kappa shape index (κ2) is 9.94. The Balaban J connectivity index is 1.14. The highest BCUT2D eigenvalue weighted by atomic mass is 15.0. The molecule has 0 spiro atoms. The molecule has 1 heteroatoms. The first-order chi connectivity index (χ1) is 24.6. The van der Waals surface area contributed by atoms with Gasteiger partial charge in [-0.25, -0.2) is 0 Å². The van der Waals surface area contributed by atoms with Crippen LogP contribution >= 0.6 is 0 Å². The number of fused-ring (bicyclic) bond motifs is 7. The van der Waals surface area contributed by atoms with Gasteiger partial charge in [0.2, 0.25) is 0 Å². The number of hydrogen-bond donors (Lipinski definition) is 0. The lowest BCUT2D eigenvalue weighted by molar-refractivity contribution is 0.666. The molecule has 0 fully saturated rings. The number of benzene rings is 9. The largest absolute Gasteiger partial charge is 0.309 e. The molecule has 50 heavy (non-hydrogen) atoms. The monoisotopic (exact) mass is 635 g/mol. The van der Waals surface area contributed by atoms with Gasteiger partial charge in [0, 0.05) is 21.9 Å². The Labute approximate surface area is 291 Å². The fourth-order valence-electron chi connectivity index (χ4n) is 9.34. The molecule has 0 saturated heterocycles. The third-order valence-electron chi connectivity index (χ3n) is 11.5. The van der Waals surface area contributed by atoms with Crippen LogP contribution in [-0.2, 0) is 5.41 Å². The van der Waals surface area contributed by atoms with Gasteiger partial charge in [-0.3, -0.25) is 0 Å². The Kier molecular flexibility index (Phi) is 5.51. The molecule has 0 amide bonds. The predicted octanol–water partition coefficient (Wildman–Crippen LogP) is 13.3. The van der Waals surface area contributed by atoms with Gasteiger partial charge in [-0.15, -0.1) is 0 Å². The summed E-state index contributed by atoms with van der Waals surface area (Å²) in [5.74, 6) is 0. The zero-order chi connectivity index (χ0) is 33.1. The van der Waals surface area contributed by atoms with Crippen molar-refractivity contribution in [1.82, 2.24) is 4.57 Å². The lowest BCUT2D eigenvalue weighted by atomic mass is 9.80. The van der Waals surface area contributed by atoms with Crippen molar-refractivity contribution in [1.29, 1.82) is 0 Å². The van der Waals surface area contributed by atoms with Gasteiger partial charge in [0.15, 0.2) is 0 Å². The van der Waals surface area contributed by atoms with E-state index >= 15 is 0 Å². The third kappa shape index (κ3) is 3.62. The van der Waals surface area contributed by atoms with Crippen LogP contribution in [0, 0.1) is 0 Å². The first-order valence-corrected chi connectivity index (χ1v) is 17.6. The summed E-state index contributed by atoms with van der Waals surface area (Å²) < 4.78 is 2.48. The lowest BCUT2D eigenvalue weighted by Gasteiger charge is -2.22. The minimum absolute atomic E-state index is 0.0929. The van der Waals surface area contributed by atoms with Crippen LogP contribution in [0.1, 0.15) is 25.0 Å². The average Bonchev–Trinajstić information content (AvgIpc) is 3.62. The molecule has 1 aromatic heterocycles. The van der Waals surface area contributed by atoms with Crippen molar-refractivity contribution in [3.05, 3.63) is 175 Å². The van der Waals surface area contributed by atoms with Gasteiger partial charge in [-0.1, -0.05) is 153 Å². The number of nitrogens with zero attached hydrogens (tertiary/aromatic N) is 1. The van der Waals surface area contributed by atoms with E-state index in [0.717, 1.165) is 0 Å². The van der Waals surface area contributed by atoms with E-state index in [0.29, 0.717) is 0 Å². The minimum Gasteiger partial charge on any atom is -0.309 e. The Morgan fingerprint density at radius 1 is 0.400 bits per heavy atom. The normalized spacial score (nSPS) is 13.6. The second-order valence-corrected chi connectivity index (χ2v) is 14.5. The summed E-state index contributed by atoms with van der Waals surface area (Å²) in [7, 11) is 0. The van der Waals surface area contributed by atoms with Crippen LogP contribution in [0.4, 0.5) is 0 Å². The zero-order valence-electron chi connectivity index (χ0n) is 28.0. The van der Waals surface area contributed by atoms with Crippen molar-refractivity contribution < 1.29 is 0 Å². The highest BCUT2D eigenvalue weighted by molar-refractivity contribution is 6.27. The van der Waals surface area contributed by atoms with Gasteiger partial charge < -0.3 is 4.57 Å². The first kappa shape index (κ1) is 27.7. The molecule has 11 rings (SSSR count). The topological polar surface area (TPSA) is 4.93 Å². The van der Waals surface area contributed by atoms with Crippen LogP contribution in [0.3, 0.4) is 0 Å². The Morgan fingerprint density at radius 2 is 1.02 bits per heavy atom. The molecule has 0 bridgehead atoms. The highest BCUT2D eigenvalue weighted by Crippen LogP contribution is 2.53. The molecule has 0 aliphatic heterocycles. The maximum absolute atomic E-state index is 2.48. The summed E-state index contributed by atoms with van der Waals surface area (Å²) in [6, 6.07) is 61.0. The second-order valence-electron chi connectivity index (χ2n) is 14.5. The van der Waals surface area contributed by atoms with Crippen LogP contribution in [0.2, 0.25) is 0 Å². The molecule has 9 aromatic carbocycles. The van der Waals surface area contributed by atoms with Crippen molar-refractivity contribution in [2.24, 2.45) is 0 Å². The summed E-state index contributed by atoms with van der Waals surface area (Å²) in [6.07, 6.45) is 0. The fraction of sp³-hybridized carbons (Fsp3) is 0.0612. The van der Waals surface area contributed by atoms with Gasteiger partial charge >= 0.3 is 0 Å². The standard InChI is InChI=1S/C49H33N/c1-49(2)42-17-8-6-15-37(42)40-27-28-44-47(48(40)49)41-16-7-9-18-43(41)50(44)34-14-10-13-33(29-34)36-24-20-32-21-25-38-35(30-11-4-3-5-12-30)23-19-31-22-26-39(36)46(32)45(31)38/h3-29H,1-2H3. The minimum atomic E-state index is -0.0929. The number of aromatic nitrogens is 1. The van der Waals surface area contributed by atoms with Crippen LogP contribution in [0.25, 0.3) is 93.2 Å². The number of rotatable bonds is 3. The maximum Gasteiger partial charge on any atom is 0.0544 e. The van der Waals surface area contributed by atoms with Gasteiger partial charge in [0.1, 0.15) is 0 Å². The summed E-state index contributed by atoms with van der Waals surface area (Å²) in [5, 5.41) is 10.5. The van der Waals surface area contributed by atoms with Crippen molar-refractivity contribution in [2.45, 2.75) is 19.3 Å². The van der Waals surface area contributed by atoms with E-state index in [-0.39, 0.29) is 5.41 Å². The Bertz CT molecular complexity index is 2990. The van der Waals surface area contributed by atoms with E-state index in [1.807, 2.05) is 0 Å². The molecular weight excluding hydrogens is 603 g/mol. The molecule has 0 saturated carbocycles. The van der Waals surface area contributed by atoms with Crippen molar-refractivity contribution >= 4 is 54.1 Å². The maximum atomic E-state index is 2.48. The Morgan fingerprint density at radius 3 is 1.80 bits per heavy atom. The average molecular weight is 636 g/mol. The van der Waals surface area contributed by atoms with E-state index in [2.05, 4.69) is 182 Å². The molecule has 1 aliphatic carbocycles. The SMILES string of the molecule is CC1(C)c2ccccc2-c2ccc3c(c21)c1ccccc1n3-c1cccc(-c2ccc3ccc4c(-c5ccccc5)ccc5ccc2c3c54)c1. The molecule has 0 radical (unpaired) electrons. The molecule has 10 aromatic rings. The van der Waals surface area contributed by atoms with Gasteiger partial charge in [0.05, 0.1) is 11.0 Å². The quantitative estimate of drug-likeness (QED) is 0.170. The first-order valence-electron chi connectivity index (χ1n) is 17.6. The molecule has 1 heterocycles. The molecule has 1 nitrogen and oxygen atoms in total. The van der Waals surface area contributed by atoms with E-state index in [1.165, 1.54) is 104 Å². The van der Waals surface area contributed by atoms with E-state index in [4.69, 9.17) is 0 Å². The summed E-state index contributed by atoms with van der Waals surface area (Å²) in [5.41, 5.74) is 14.2. The lowest BCUT2D eigenvalue weighted by Crippen LogP contribution is -2.15. The molecule has 234 valence electrons. The van der Waals surface area contributed by atoms with Crippen LogP contribution < -0.4 is 0 Å². The van der Waals surface area contributed by atoms with Crippen LogP contribution in [-0.4, -0.2) is 4.57 Å². The molecule has 0 atom stereocenters. The summed E-state index contributed by atoms with van der Waals surface area (Å²) in [6.45, 7) is 4.78. The van der Waals surface area contributed by atoms with Gasteiger partial charge in [0.25, 0.3) is 0 Å². The predicted molar refractivity (Wildman–Crippen MR) is 213 cm³/mol. The van der Waals surface area contributed by atoms with Gasteiger partial charge in [-0.05, 0) is 101 Å². The van der Waals surface area contributed by atoms with Crippen molar-refractivity contribution in [3.8, 4) is 39.1 Å². The molecule has 1 aliphatic rings. The van der Waals surface area contributed by atoms with E-state index in [1.54, 1.807) is 0 Å². The molecule has 0 unspecified atom stereocenters. The zero-order valence-corrected chi connectivity index (χ0v) is 28.0. The number of para-hydroxylation sites is 1. The molecule has 0 N–H and O–H groups in total. The highest BCUT2D eigenvalue weighted by Gasteiger charge is 2.38. The smallest absolute Gasteiger partial charge is 0.0544 e. The van der Waals surface area contributed by atoms with Crippen LogP contribution in [0.5, 0.6) is 0 Å². The third-order valence-corrected chi connectivity index (χ3v) is 11.5. The summed E-state index contributed by atoms with van der Waals surface area (Å²) >= 11 is 0. The van der Waals surface area contributed by atoms with Crippen molar-refractivity contribution in [3.63, 3.8) is 0 Å². The fourth-order valence-corrected chi connectivity index (χ4v) is 9.34. The van der Waals surface area contributed by atoms with Gasteiger partial charge in [-0.2, -0.15) is 0 Å².